The standard InChI is InChI=1S/C23H44O4Si/c1-23(2,3)28(4,5)27-21-18-20(24)17-19(21)13-9-7-6-8-11-15-25-22-14-10-12-16-26-22/h17,20-22,24H,6-16,18H2,1-5H3. The normalized spacial score (nSPS) is 26.5. The fourth-order valence-corrected chi connectivity index (χ4v) is 5.03. The molecule has 0 spiro atoms. The molecular formula is C23H44O4Si. The van der Waals surface area contributed by atoms with E-state index in [-0.39, 0.29) is 23.5 Å². The Morgan fingerprint density at radius 3 is 2.50 bits per heavy atom. The first-order valence-corrected chi connectivity index (χ1v) is 14.4. The summed E-state index contributed by atoms with van der Waals surface area (Å²) in [4.78, 5) is 0. The average molecular weight is 413 g/mol. The minimum Gasteiger partial charge on any atom is -0.410 e. The highest BCUT2D eigenvalue weighted by molar-refractivity contribution is 6.74. The van der Waals surface area contributed by atoms with Crippen LogP contribution in [0.4, 0.5) is 0 Å². The van der Waals surface area contributed by atoms with Gasteiger partial charge in [0.15, 0.2) is 14.6 Å². The van der Waals surface area contributed by atoms with Crippen molar-refractivity contribution in [2.75, 3.05) is 13.2 Å². The van der Waals surface area contributed by atoms with Crippen molar-refractivity contribution < 1.29 is 19.0 Å². The molecule has 5 heteroatoms. The maximum atomic E-state index is 10.1. The zero-order chi connectivity index (χ0) is 20.6. The molecule has 0 saturated carbocycles. The summed E-state index contributed by atoms with van der Waals surface area (Å²) in [6.07, 6.45) is 13.2. The molecule has 4 nitrogen and oxygen atoms in total. The van der Waals surface area contributed by atoms with Crippen molar-refractivity contribution in [1.82, 2.24) is 0 Å². The molecule has 28 heavy (non-hydrogen) atoms. The van der Waals surface area contributed by atoms with E-state index >= 15 is 0 Å². The van der Waals surface area contributed by atoms with Crippen LogP contribution in [0.2, 0.25) is 18.1 Å². The van der Waals surface area contributed by atoms with Gasteiger partial charge in [0.1, 0.15) is 0 Å². The summed E-state index contributed by atoms with van der Waals surface area (Å²) in [5.41, 5.74) is 1.33. The summed E-state index contributed by atoms with van der Waals surface area (Å²) in [6, 6.07) is 0. The highest BCUT2D eigenvalue weighted by atomic mass is 28.4. The van der Waals surface area contributed by atoms with Crippen molar-refractivity contribution in [2.45, 2.75) is 122 Å². The summed E-state index contributed by atoms with van der Waals surface area (Å²) in [7, 11) is -1.80. The van der Waals surface area contributed by atoms with Crippen LogP contribution in [0.25, 0.3) is 0 Å². The topological polar surface area (TPSA) is 47.9 Å². The van der Waals surface area contributed by atoms with Gasteiger partial charge >= 0.3 is 0 Å². The quantitative estimate of drug-likeness (QED) is 0.259. The molecule has 1 fully saturated rings. The fourth-order valence-electron chi connectivity index (χ4n) is 3.71. The second-order valence-electron chi connectivity index (χ2n) is 10.1. The first-order valence-electron chi connectivity index (χ1n) is 11.5. The molecule has 0 aromatic rings. The molecule has 2 rings (SSSR count). The lowest BCUT2D eigenvalue weighted by Crippen LogP contribution is -2.44. The molecule has 0 aromatic heterocycles. The predicted molar refractivity (Wildman–Crippen MR) is 118 cm³/mol. The Morgan fingerprint density at radius 2 is 1.82 bits per heavy atom. The van der Waals surface area contributed by atoms with Crippen LogP contribution in [0.5, 0.6) is 0 Å². The molecule has 164 valence electrons. The van der Waals surface area contributed by atoms with Gasteiger partial charge < -0.3 is 19.0 Å². The van der Waals surface area contributed by atoms with Crippen molar-refractivity contribution in [3.63, 3.8) is 0 Å². The molecule has 0 aromatic carbocycles. The Labute approximate surface area is 174 Å². The summed E-state index contributed by atoms with van der Waals surface area (Å²) in [5, 5.41) is 10.3. The van der Waals surface area contributed by atoms with Gasteiger partial charge in [0, 0.05) is 19.6 Å². The lowest BCUT2D eigenvalue weighted by atomic mass is 10.0. The molecule has 1 saturated heterocycles. The van der Waals surface area contributed by atoms with Gasteiger partial charge in [0.05, 0.1) is 12.2 Å². The first kappa shape index (κ1) is 24.1. The number of aliphatic hydroxyl groups excluding tert-OH is 1. The average Bonchev–Trinajstić information content (AvgIpc) is 2.95. The van der Waals surface area contributed by atoms with Gasteiger partial charge in [-0.15, -0.1) is 0 Å². The SMILES string of the molecule is CC(C)(C)[Si](C)(C)OC1CC(O)C=C1CCCCCCCOC1CCCCO1. The van der Waals surface area contributed by atoms with Crippen LogP contribution >= 0.6 is 0 Å². The summed E-state index contributed by atoms with van der Waals surface area (Å²) >= 11 is 0. The Hall–Kier alpha value is -0.203. The number of aliphatic hydroxyl groups is 1. The molecule has 1 N–H and O–H groups in total. The molecule has 2 aliphatic rings. The van der Waals surface area contributed by atoms with E-state index in [2.05, 4.69) is 39.9 Å². The van der Waals surface area contributed by atoms with Crippen LogP contribution in [0.15, 0.2) is 11.6 Å². The van der Waals surface area contributed by atoms with E-state index in [0.29, 0.717) is 0 Å². The van der Waals surface area contributed by atoms with Gasteiger partial charge in [-0.3, -0.25) is 0 Å². The summed E-state index contributed by atoms with van der Waals surface area (Å²) in [6.45, 7) is 13.1. The Bertz CT molecular complexity index is 477. The third kappa shape index (κ3) is 7.90. The van der Waals surface area contributed by atoms with Crippen molar-refractivity contribution >= 4 is 8.32 Å². The maximum absolute atomic E-state index is 10.1. The van der Waals surface area contributed by atoms with Gasteiger partial charge in [-0.1, -0.05) is 46.1 Å². The Kier molecular flexibility index (Phi) is 9.68. The number of unbranched alkanes of at least 4 members (excludes halogenated alkanes) is 4. The highest BCUT2D eigenvalue weighted by Crippen LogP contribution is 2.40. The van der Waals surface area contributed by atoms with Crippen molar-refractivity contribution in [3.8, 4) is 0 Å². The minimum absolute atomic E-state index is 0.0484. The Balaban J connectivity index is 1.58. The second kappa shape index (κ2) is 11.3. The first-order chi connectivity index (χ1) is 13.2. The molecule has 0 radical (unpaired) electrons. The lowest BCUT2D eigenvalue weighted by molar-refractivity contribution is -0.162. The number of hydrogen-bond donors (Lipinski definition) is 1. The van der Waals surface area contributed by atoms with Crippen molar-refractivity contribution in [2.24, 2.45) is 0 Å². The smallest absolute Gasteiger partial charge is 0.192 e. The molecular weight excluding hydrogens is 368 g/mol. The molecule has 0 bridgehead atoms. The lowest BCUT2D eigenvalue weighted by Gasteiger charge is -2.39. The third-order valence-corrected chi connectivity index (χ3v) is 11.1. The van der Waals surface area contributed by atoms with Gasteiger partial charge in [-0.25, -0.2) is 0 Å². The van der Waals surface area contributed by atoms with Crippen LogP contribution in [0.1, 0.15) is 85.0 Å². The van der Waals surface area contributed by atoms with Crippen LogP contribution in [0, 0.1) is 0 Å². The molecule has 3 unspecified atom stereocenters. The van der Waals surface area contributed by atoms with Gasteiger partial charge in [-0.05, 0) is 62.2 Å². The van der Waals surface area contributed by atoms with Gasteiger partial charge in [0.25, 0.3) is 0 Å². The Morgan fingerprint density at radius 1 is 1.11 bits per heavy atom. The maximum Gasteiger partial charge on any atom is 0.192 e. The van der Waals surface area contributed by atoms with Gasteiger partial charge in [0.2, 0.25) is 0 Å². The fraction of sp³-hybridized carbons (Fsp3) is 0.913. The second-order valence-corrected chi connectivity index (χ2v) is 14.9. The number of rotatable bonds is 11. The van der Waals surface area contributed by atoms with Crippen LogP contribution in [0.3, 0.4) is 0 Å². The molecule has 3 atom stereocenters. The van der Waals surface area contributed by atoms with E-state index in [1.54, 1.807) is 0 Å². The van der Waals surface area contributed by atoms with E-state index < -0.39 is 8.32 Å². The van der Waals surface area contributed by atoms with E-state index in [1.807, 2.05) is 0 Å². The van der Waals surface area contributed by atoms with E-state index in [1.165, 1.54) is 44.1 Å². The highest BCUT2D eigenvalue weighted by Gasteiger charge is 2.41. The zero-order valence-electron chi connectivity index (χ0n) is 19.0. The number of ether oxygens (including phenoxy) is 2. The van der Waals surface area contributed by atoms with E-state index in [0.717, 1.165) is 38.9 Å². The third-order valence-electron chi connectivity index (χ3n) is 6.57. The zero-order valence-corrected chi connectivity index (χ0v) is 20.0. The molecule has 1 aliphatic carbocycles. The van der Waals surface area contributed by atoms with Crippen LogP contribution in [-0.4, -0.2) is 45.1 Å². The van der Waals surface area contributed by atoms with E-state index in [9.17, 15) is 5.11 Å². The van der Waals surface area contributed by atoms with Crippen molar-refractivity contribution in [1.29, 1.82) is 0 Å². The largest absolute Gasteiger partial charge is 0.410 e. The predicted octanol–water partition coefficient (Wildman–Crippen LogP) is 5.95. The minimum atomic E-state index is -1.80. The summed E-state index contributed by atoms with van der Waals surface area (Å²) in [5.74, 6) is 0. The van der Waals surface area contributed by atoms with Crippen LogP contribution < -0.4 is 0 Å². The van der Waals surface area contributed by atoms with Gasteiger partial charge in [-0.2, -0.15) is 0 Å². The molecule has 1 heterocycles. The molecule has 1 aliphatic heterocycles. The number of hydrogen-bond acceptors (Lipinski definition) is 4. The van der Waals surface area contributed by atoms with E-state index in [4.69, 9.17) is 13.9 Å². The summed E-state index contributed by atoms with van der Waals surface area (Å²) < 4.78 is 18.0. The van der Waals surface area contributed by atoms with Crippen LogP contribution in [-0.2, 0) is 13.9 Å². The molecule has 0 amide bonds. The van der Waals surface area contributed by atoms with Crippen molar-refractivity contribution in [3.05, 3.63) is 11.6 Å². The monoisotopic (exact) mass is 412 g/mol.